The number of ether oxygens (including phenoxy) is 4. The molecule has 5 rings (SSSR count). The third-order valence-electron chi connectivity index (χ3n) is 5.19. The Hall–Kier alpha value is -3.41. The molecule has 0 saturated heterocycles. The molecule has 2 aromatic carbocycles. The Morgan fingerprint density at radius 2 is 1.93 bits per heavy atom. The molecular formula is C22H18O6. The maximum absolute atomic E-state index is 13.3. The molecule has 0 aliphatic carbocycles. The van der Waals surface area contributed by atoms with Crippen LogP contribution in [-0.4, -0.2) is 20.0 Å². The highest BCUT2D eigenvalue weighted by atomic mass is 16.7. The van der Waals surface area contributed by atoms with E-state index >= 15 is 0 Å². The predicted molar refractivity (Wildman–Crippen MR) is 104 cm³/mol. The van der Waals surface area contributed by atoms with Gasteiger partial charge in [0.25, 0.3) is 0 Å². The lowest BCUT2D eigenvalue weighted by molar-refractivity contribution is 0.174. The number of hydrogen-bond donors (Lipinski definition) is 0. The van der Waals surface area contributed by atoms with Crippen molar-refractivity contribution in [2.75, 3.05) is 13.9 Å². The molecule has 1 atom stereocenters. The quantitative estimate of drug-likeness (QED) is 0.640. The van der Waals surface area contributed by atoms with E-state index in [9.17, 15) is 4.79 Å². The molecule has 3 heterocycles. The summed E-state index contributed by atoms with van der Waals surface area (Å²) in [6.07, 6.45) is 2.01. The van der Waals surface area contributed by atoms with Gasteiger partial charge in [0.2, 0.25) is 12.2 Å². The highest BCUT2D eigenvalue weighted by Gasteiger charge is 2.28. The molecule has 0 bridgehead atoms. The highest BCUT2D eigenvalue weighted by Crippen LogP contribution is 2.42. The second-order valence-corrected chi connectivity index (χ2v) is 6.96. The molecule has 0 radical (unpaired) electrons. The summed E-state index contributed by atoms with van der Waals surface area (Å²) in [6, 6.07) is 7.02. The van der Waals surface area contributed by atoms with Crippen LogP contribution in [0, 0.1) is 0 Å². The molecule has 2 aliphatic rings. The summed E-state index contributed by atoms with van der Waals surface area (Å²) in [5, 5.41) is 0.502. The standard InChI is InChI=1S/C22H18O6/c1-11(2)17-7-14-16(28-17)5-4-12-21(23)15(9-25-22(12)14)13-6-19-20(27-10-26-19)8-18(13)24-3/h4-6,8-9,17H,1,7,10H2,2-3H3. The summed E-state index contributed by atoms with van der Waals surface area (Å²) in [5.41, 5.74) is 3.24. The lowest BCUT2D eigenvalue weighted by atomic mass is 10.0. The minimum absolute atomic E-state index is 0.0977. The molecule has 6 nitrogen and oxygen atoms in total. The van der Waals surface area contributed by atoms with Gasteiger partial charge < -0.3 is 23.4 Å². The number of fused-ring (bicyclic) bond motifs is 4. The average Bonchev–Trinajstić information content (AvgIpc) is 3.33. The van der Waals surface area contributed by atoms with Crippen LogP contribution in [0.3, 0.4) is 0 Å². The first-order valence-corrected chi connectivity index (χ1v) is 8.94. The van der Waals surface area contributed by atoms with E-state index in [2.05, 4.69) is 6.58 Å². The van der Waals surface area contributed by atoms with Crippen molar-refractivity contribution in [3.05, 3.63) is 58.5 Å². The monoisotopic (exact) mass is 378 g/mol. The topological polar surface area (TPSA) is 67.1 Å². The molecule has 0 amide bonds. The van der Waals surface area contributed by atoms with Crippen molar-refractivity contribution in [3.63, 3.8) is 0 Å². The molecule has 3 aromatic rings. The van der Waals surface area contributed by atoms with E-state index in [4.69, 9.17) is 23.4 Å². The van der Waals surface area contributed by atoms with Gasteiger partial charge >= 0.3 is 0 Å². The number of rotatable bonds is 3. The molecule has 0 fully saturated rings. The number of benzene rings is 2. The summed E-state index contributed by atoms with van der Waals surface area (Å²) in [5.74, 6) is 2.41. The molecule has 1 unspecified atom stereocenters. The van der Waals surface area contributed by atoms with Gasteiger partial charge in [0.15, 0.2) is 11.5 Å². The minimum atomic E-state index is -0.139. The van der Waals surface area contributed by atoms with E-state index in [0.717, 1.165) is 16.9 Å². The normalized spacial score (nSPS) is 16.7. The van der Waals surface area contributed by atoms with E-state index in [0.29, 0.717) is 45.8 Å². The Bertz CT molecular complexity index is 1190. The first kappa shape index (κ1) is 16.7. The summed E-state index contributed by atoms with van der Waals surface area (Å²) < 4.78 is 28.1. The molecule has 28 heavy (non-hydrogen) atoms. The Labute approximate surface area is 160 Å². The first-order valence-electron chi connectivity index (χ1n) is 8.94. The van der Waals surface area contributed by atoms with Crippen LogP contribution in [0.2, 0.25) is 0 Å². The summed E-state index contributed by atoms with van der Waals surface area (Å²) >= 11 is 0. The van der Waals surface area contributed by atoms with Gasteiger partial charge in [-0.15, -0.1) is 0 Å². The largest absolute Gasteiger partial charge is 0.496 e. The summed E-state index contributed by atoms with van der Waals surface area (Å²) in [7, 11) is 1.55. The Morgan fingerprint density at radius 1 is 1.14 bits per heavy atom. The Kier molecular flexibility index (Phi) is 3.62. The van der Waals surface area contributed by atoms with Gasteiger partial charge in [-0.3, -0.25) is 4.79 Å². The zero-order valence-corrected chi connectivity index (χ0v) is 15.5. The van der Waals surface area contributed by atoms with E-state index in [1.54, 1.807) is 25.3 Å². The third kappa shape index (κ3) is 2.37. The lowest BCUT2D eigenvalue weighted by Gasteiger charge is -2.10. The van der Waals surface area contributed by atoms with Crippen LogP contribution < -0.4 is 24.4 Å². The van der Waals surface area contributed by atoms with Gasteiger partial charge in [0.05, 0.1) is 18.1 Å². The molecule has 0 spiro atoms. The third-order valence-corrected chi connectivity index (χ3v) is 5.19. The van der Waals surface area contributed by atoms with Crippen LogP contribution in [-0.2, 0) is 6.42 Å². The van der Waals surface area contributed by atoms with Crippen LogP contribution >= 0.6 is 0 Å². The second-order valence-electron chi connectivity index (χ2n) is 6.96. The Balaban J connectivity index is 1.68. The van der Waals surface area contributed by atoms with Gasteiger partial charge in [0.1, 0.15) is 29.4 Å². The smallest absolute Gasteiger partial charge is 0.231 e. The van der Waals surface area contributed by atoms with Crippen LogP contribution in [0.5, 0.6) is 23.0 Å². The average molecular weight is 378 g/mol. The van der Waals surface area contributed by atoms with Crippen molar-refractivity contribution in [2.45, 2.75) is 19.4 Å². The fraction of sp³-hybridized carbons (Fsp3) is 0.227. The number of methoxy groups -OCH3 is 1. The maximum atomic E-state index is 13.3. The van der Waals surface area contributed by atoms with Gasteiger partial charge in [-0.25, -0.2) is 0 Å². The van der Waals surface area contributed by atoms with Gasteiger partial charge in [0, 0.05) is 23.6 Å². The second kappa shape index (κ2) is 6.05. The van der Waals surface area contributed by atoms with Crippen molar-refractivity contribution in [1.82, 2.24) is 0 Å². The molecule has 0 saturated carbocycles. The minimum Gasteiger partial charge on any atom is -0.496 e. The van der Waals surface area contributed by atoms with Crippen molar-refractivity contribution in [2.24, 2.45) is 0 Å². The van der Waals surface area contributed by atoms with Crippen LogP contribution in [0.1, 0.15) is 12.5 Å². The molecule has 2 aliphatic heterocycles. The lowest BCUT2D eigenvalue weighted by Crippen LogP contribution is -2.13. The van der Waals surface area contributed by atoms with E-state index in [1.165, 1.54) is 6.26 Å². The van der Waals surface area contributed by atoms with Gasteiger partial charge in [-0.2, -0.15) is 0 Å². The fourth-order valence-electron chi connectivity index (χ4n) is 3.69. The van der Waals surface area contributed by atoms with Crippen molar-refractivity contribution in [3.8, 4) is 34.1 Å². The van der Waals surface area contributed by atoms with E-state index in [-0.39, 0.29) is 18.3 Å². The SMILES string of the molecule is C=C(C)C1Cc2c(ccc3c(=O)c(-c4cc5c(cc4OC)OCO5)coc23)O1. The fourth-order valence-corrected chi connectivity index (χ4v) is 3.69. The highest BCUT2D eigenvalue weighted by molar-refractivity contribution is 5.87. The first-order chi connectivity index (χ1) is 13.6. The van der Waals surface area contributed by atoms with Crippen molar-refractivity contribution >= 4 is 11.0 Å². The zero-order chi connectivity index (χ0) is 19.4. The summed E-state index contributed by atoms with van der Waals surface area (Å²) in [4.78, 5) is 13.3. The molecule has 1 aromatic heterocycles. The summed E-state index contributed by atoms with van der Waals surface area (Å²) in [6.45, 7) is 6.04. The van der Waals surface area contributed by atoms with Crippen molar-refractivity contribution in [1.29, 1.82) is 0 Å². The zero-order valence-electron chi connectivity index (χ0n) is 15.5. The van der Waals surface area contributed by atoms with Crippen molar-refractivity contribution < 1.29 is 23.4 Å². The van der Waals surface area contributed by atoms with Crippen LogP contribution in [0.25, 0.3) is 22.1 Å². The molecule has 142 valence electrons. The van der Waals surface area contributed by atoms with E-state index in [1.807, 2.05) is 13.0 Å². The molecular weight excluding hydrogens is 360 g/mol. The van der Waals surface area contributed by atoms with E-state index < -0.39 is 0 Å². The maximum Gasteiger partial charge on any atom is 0.231 e. The van der Waals surface area contributed by atoms with Crippen LogP contribution in [0.4, 0.5) is 0 Å². The number of hydrogen-bond acceptors (Lipinski definition) is 6. The van der Waals surface area contributed by atoms with Crippen LogP contribution in [0.15, 0.2) is 51.9 Å². The van der Waals surface area contributed by atoms with Gasteiger partial charge in [-0.1, -0.05) is 6.58 Å². The Morgan fingerprint density at radius 3 is 2.68 bits per heavy atom. The predicted octanol–water partition coefficient (Wildman–Crippen LogP) is 4.08. The molecule has 0 N–H and O–H groups in total. The molecule has 6 heteroatoms. The van der Waals surface area contributed by atoms with Gasteiger partial charge in [-0.05, 0) is 30.7 Å².